The molecule has 2 saturated carbocycles. The number of nitrogens with one attached hydrogen (secondary N) is 3. The second-order valence-electron chi connectivity index (χ2n) is 8.90. The van der Waals surface area contributed by atoms with E-state index in [1.807, 2.05) is 0 Å². The number of alkyl carbamates (subject to hydrolysis) is 1. The minimum atomic E-state index is -0.508. The maximum absolute atomic E-state index is 12.3. The summed E-state index contributed by atoms with van der Waals surface area (Å²) in [4.78, 5) is 35.7. The van der Waals surface area contributed by atoms with Crippen LogP contribution in [-0.4, -0.2) is 59.5 Å². The average molecular weight is 498 g/mol. The van der Waals surface area contributed by atoms with Crippen LogP contribution in [0.3, 0.4) is 0 Å². The van der Waals surface area contributed by atoms with Crippen LogP contribution >= 0.6 is 0 Å². The molecule has 1 heterocycles. The first-order valence-electron chi connectivity index (χ1n) is 11.6. The van der Waals surface area contributed by atoms with Crippen LogP contribution in [0.1, 0.15) is 54.1 Å². The molecule has 190 valence electrons. The second kappa shape index (κ2) is 11.0. The van der Waals surface area contributed by atoms with Crippen LogP contribution in [-0.2, 0) is 9.53 Å². The Morgan fingerprint density at radius 3 is 2.81 bits per heavy atom. The van der Waals surface area contributed by atoms with Crippen LogP contribution in [0, 0.1) is 17.2 Å². The van der Waals surface area contributed by atoms with Crippen molar-refractivity contribution in [2.75, 3.05) is 19.0 Å². The van der Waals surface area contributed by atoms with Crippen LogP contribution < -0.4 is 20.1 Å². The fourth-order valence-electron chi connectivity index (χ4n) is 4.40. The summed E-state index contributed by atoms with van der Waals surface area (Å²) in [7, 11) is 1.40. The van der Waals surface area contributed by atoms with Crippen LogP contribution in [0.15, 0.2) is 18.2 Å². The van der Waals surface area contributed by atoms with Crippen molar-refractivity contribution in [3.63, 3.8) is 0 Å². The van der Waals surface area contributed by atoms with E-state index in [1.165, 1.54) is 19.2 Å². The summed E-state index contributed by atoms with van der Waals surface area (Å²) in [5.41, 5.74) is 0.728. The lowest BCUT2D eigenvalue weighted by Crippen LogP contribution is -2.44. The number of carbonyl (C=O) groups excluding carboxylic acids is 3. The molecule has 1 aromatic heterocycles. The molecule has 36 heavy (non-hydrogen) atoms. The van der Waals surface area contributed by atoms with Gasteiger partial charge in [0.15, 0.2) is 18.7 Å². The third-order valence-electron chi connectivity index (χ3n) is 6.41. The number of methoxy groups -OCH3 is 1. The van der Waals surface area contributed by atoms with Crippen LogP contribution in [0.5, 0.6) is 17.2 Å². The van der Waals surface area contributed by atoms with Gasteiger partial charge in [0.1, 0.15) is 23.4 Å². The van der Waals surface area contributed by atoms with Crippen molar-refractivity contribution in [1.29, 1.82) is 5.26 Å². The van der Waals surface area contributed by atoms with Gasteiger partial charge in [-0.05, 0) is 32.1 Å². The van der Waals surface area contributed by atoms with Gasteiger partial charge >= 0.3 is 6.09 Å². The maximum atomic E-state index is 12.3. The topological polar surface area (TPSA) is 176 Å². The number of H-pyrrole nitrogens is 1. The number of phenolic OH excluding ortho intramolecular Hbond substituents is 1. The van der Waals surface area contributed by atoms with E-state index in [4.69, 9.17) is 19.5 Å². The van der Waals surface area contributed by atoms with Gasteiger partial charge in [-0.3, -0.25) is 14.7 Å². The molecule has 4 N–H and O–H groups in total. The highest BCUT2D eigenvalue weighted by Crippen LogP contribution is 2.36. The van der Waals surface area contributed by atoms with Gasteiger partial charge in [-0.1, -0.05) is 0 Å². The Morgan fingerprint density at radius 2 is 2.08 bits per heavy atom. The number of amides is 2. The fraction of sp³-hybridized carbons (Fsp3) is 0.458. The second-order valence-corrected chi connectivity index (χ2v) is 8.90. The monoisotopic (exact) mass is 497 g/mol. The van der Waals surface area contributed by atoms with Crippen molar-refractivity contribution in [3.8, 4) is 23.3 Å². The molecule has 12 nitrogen and oxygen atoms in total. The van der Waals surface area contributed by atoms with Gasteiger partial charge < -0.3 is 30.0 Å². The molecule has 2 aliphatic rings. The van der Waals surface area contributed by atoms with Gasteiger partial charge in [-0.15, -0.1) is 0 Å². The number of aromatic nitrogens is 2. The number of aldehydes is 1. The normalized spacial score (nSPS) is 22.6. The molecule has 2 aromatic rings. The van der Waals surface area contributed by atoms with Crippen LogP contribution in [0.4, 0.5) is 10.6 Å². The highest BCUT2D eigenvalue weighted by Gasteiger charge is 2.33. The van der Waals surface area contributed by atoms with E-state index < -0.39 is 18.6 Å². The lowest BCUT2D eigenvalue weighted by atomic mass is 9.81. The minimum absolute atomic E-state index is 0.00161. The number of ether oxygens (including phenoxy) is 3. The van der Waals surface area contributed by atoms with Crippen molar-refractivity contribution in [1.82, 2.24) is 15.5 Å². The van der Waals surface area contributed by atoms with E-state index >= 15 is 0 Å². The Kier molecular flexibility index (Phi) is 7.58. The van der Waals surface area contributed by atoms with E-state index in [9.17, 15) is 19.5 Å². The number of aromatic hydroxyl groups is 1. The van der Waals surface area contributed by atoms with Gasteiger partial charge in [-0.25, -0.2) is 4.79 Å². The third kappa shape index (κ3) is 5.86. The number of nitrogens with zero attached hydrogens (tertiary/aromatic N) is 2. The number of hydrogen-bond acceptors (Lipinski definition) is 9. The van der Waals surface area contributed by atoms with Crippen molar-refractivity contribution in [2.24, 2.45) is 5.92 Å². The molecule has 0 unspecified atom stereocenters. The molecule has 4 rings (SSSR count). The number of hydrogen-bond donors (Lipinski definition) is 4. The number of phenols is 1. The standard InChI is InChI=1S/C24H27N5O7/c1-34-17-7-20(31)18(11-30)21(8-17)35-12-23(32)27-22-9-19(28-29-22)14-2-3-16(6-14)36-24(33)26-15-4-13(5-15)10-25/h7-9,11,13-16,31H,2-6,12H2,1H3,(H,26,33)(H2,27,28,29,32)/t13?,14-,15?,16+/m0/s1. The summed E-state index contributed by atoms with van der Waals surface area (Å²) in [5.74, 6) is -0.118. The Balaban J connectivity index is 1.24. The number of aromatic amines is 1. The van der Waals surface area contributed by atoms with E-state index in [0.717, 1.165) is 12.1 Å². The number of anilines is 1. The zero-order valence-corrected chi connectivity index (χ0v) is 19.7. The smallest absolute Gasteiger partial charge is 0.407 e. The van der Waals surface area contributed by atoms with Gasteiger partial charge in [0.05, 0.1) is 24.7 Å². The molecule has 0 spiro atoms. The fourth-order valence-corrected chi connectivity index (χ4v) is 4.40. The van der Waals surface area contributed by atoms with E-state index in [0.29, 0.717) is 37.8 Å². The Labute approximate surface area is 206 Å². The Bertz CT molecular complexity index is 1170. The van der Waals surface area contributed by atoms with Crippen LogP contribution in [0.25, 0.3) is 0 Å². The van der Waals surface area contributed by atoms with Crippen molar-refractivity contribution >= 4 is 24.1 Å². The Morgan fingerprint density at radius 1 is 1.28 bits per heavy atom. The summed E-state index contributed by atoms with van der Waals surface area (Å²) >= 11 is 0. The summed E-state index contributed by atoms with van der Waals surface area (Å²) in [5, 5.41) is 31.2. The van der Waals surface area contributed by atoms with E-state index in [-0.39, 0.29) is 46.8 Å². The van der Waals surface area contributed by atoms with Gasteiger partial charge in [0.25, 0.3) is 5.91 Å². The van der Waals surface area contributed by atoms with E-state index in [2.05, 4.69) is 26.9 Å². The van der Waals surface area contributed by atoms with E-state index in [1.54, 1.807) is 6.07 Å². The first kappa shape index (κ1) is 24.8. The molecule has 12 heteroatoms. The zero-order valence-electron chi connectivity index (χ0n) is 19.7. The molecule has 2 atom stereocenters. The Hall–Kier alpha value is -4.27. The number of benzene rings is 1. The predicted molar refractivity (Wildman–Crippen MR) is 125 cm³/mol. The minimum Gasteiger partial charge on any atom is -0.507 e. The first-order valence-corrected chi connectivity index (χ1v) is 11.6. The van der Waals surface area contributed by atoms with Gasteiger partial charge in [0.2, 0.25) is 0 Å². The lowest BCUT2D eigenvalue weighted by molar-refractivity contribution is -0.118. The summed E-state index contributed by atoms with van der Waals surface area (Å²) < 4.78 is 16.0. The summed E-state index contributed by atoms with van der Waals surface area (Å²) in [6, 6.07) is 6.57. The largest absolute Gasteiger partial charge is 0.507 e. The molecule has 0 radical (unpaired) electrons. The first-order chi connectivity index (χ1) is 17.4. The highest BCUT2D eigenvalue weighted by molar-refractivity contribution is 5.91. The summed E-state index contributed by atoms with van der Waals surface area (Å²) in [6.07, 6.45) is 3.21. The molecule has 2 fully saturated rings. The molecular weight excluding hydrogens is 470 g/mol. The summed E-state index contributed by atoms with van der Waals surface area (Å²) in [6.45, 7) is -0.416. The molecule has 0 saturated heterocycles. The molecule has 0 aliphatic heterocycles. The average Bonchev–Trinajstić information content (AvgIpc) is 3.48. The molecule has 1 aromatic carbocycles. The molecule has 2 aliphatic carbocycles. The molecule has 2 amide bonds. The lowest BCUT2D eigenvalue weighted by Gasteiger charge is -2.31. The highest BCUT2D eigenvalue weighted by atomic mass is 16.6. The number of rotatable bonds is 9. The van der Waals surface area contributed by atoms with Crippen molar-refractivity contribution in [2.45, 2.75) is 50.2 Å². The maximum Gasteiger partial charge on any atom is 0.407 e. The van der Waals surface area contributed by atoms with Crippen LogP contribution in [0.2, 0.25) is 0 Å². The SMILES string of the molecule is COc1cc(O)c(C=O)c(OCC(=O)Nc2cc([C@H]3CC[C@@H](OC(=O)NC4CC(C#N)C4)C3)[nH]n2)c1. The quantitative estimate of drug-likeness (QED) is 0.379. The van der Waals surface area contributed by atoms with Crippen molar-refractivity contribution in [3.05, 3.63) is 29.5 Å². The third-order valence-corrected chi connectivity index (χ3v) is 6.41. The number of carbonyl (C=O) groups is 3. The van der Waals surface area contributed by atoms with Gasteiger partial charge in [-0.2, -0.15) is 10.4 Å². The van der Waals surface area contributed by atoms with Crippen molar-refractivity contribution < 1.29 is 33.7 Å². The zero-order chi connectivity index (χ0) is 25.7. The molecule has 0 bridgehead atoms. The predicted octanol–water partition coefficient (Wildman–Crippen LogP) is 2.62. The van der Waals surface area contributed by atoms with Gasteiger partial charge in [0, 0.05) is 35.9 Å². The molecular formula is C24H27N5O7. The number of nitriles is 1.